The minimum absolute atomic E-state index is 0.0767. The molecule has 1 aliphatic heterocycles. The number of ether oxygens (including phenoxy) is 1. The summed E-state index contributed by atoms with van der Waals surface area (Å²) < 4.78 is 7.68. The van der Waals surface area contributed by atoms with Crippen LogP contribution in [0, 0.1) is 31.1 Å². The van der Waals surface area contributed by atoms with E-state index >= 15 is 0 Å². The van der Waals surface area contributed by atoms with Crippen LogP contribution in [-0.4, -0.2) is 47.1 Å². The van der Waals surface area contributed by atoms with Gasteiger partial charge in [0.1, 0.15) is 5.75 Å². The van der Waals surface area contributed by atoms with Crippen molar-refractivity contribution in [1.82, 2.24) is 19.8 Å². The molecule has 190 valence electrons. The molecule has 2 N–H and O–H groups in total. The van der Waals surface area contributed by atoms with Gasteiger partial charge in [0, 0.05) is 41.3 Å². The van der Waals surface area contributed by atoms with Crippen LogP contribution in [-0.2, 0) is 6.54 Å². The maximum Gasteiger partial charge on any atom is 0.256 e. The number of likely N-dealkylation sites (tertiary alicyclic amines) is 1. The van der Waals surface area contributed by atoms with Gasteiger partial charge in [0.05, 0.1) is 30.9 Å². The van der Waals surface area contributed by atoms with Crippen LogP contribution in [0.1, 0.15) is 59.5 Å². The summed E-state index contributed by atoms with van der Waals surface area (Å²) in [6.45, 7) is 8.95. The summed E-state index contributed by atoms with van der Waals surface area (Å²) in [6.07, 6.45) is 2.70. The molecule has 1 saturated heterocycles. The average molecular weight is 490 g/mol. The highest BCUT2D eigenvalue weighted by Crippen LogP contribution is 2.35. The number of aryl methyl sites for hydroxylation is 1. The number of nitrogens with one attached hydrogen (secondary N) is 2. The van der Waals surface area contributed by atoms with E-state index in [1.807, 2.05) is 25.1 Å². The number of carbonyl (C=O) groups is 1. The van der Waals surface area contributed by atoms with Gasteiger partial charge in [-0.05, 0) is 64.8 Å². The van der Waals surface area contributed by atoms with Crippen molar-refractivity contribution in [3.05, 3.63) is 63.2 Å². The van der Waals surface area contributed by atoms with Crippen LogP contribution in [0.25, 0.3) is 10.9 Å². The molecule has 0 unspecified atom stereocenters. The maximum atomic E-state index is 13.5. The number of H-pyrrole nitrogens is 1. The highest BCUT2D eigenvalue weighted by atomic mass is 16.5. The van der Waals surface area contributed by atoms with E-state index in [0.29, 0.717) is 34.9 Å². The van der Waals surface area contributed by atoms with Crippen LogP contribution >= 0.6 is 0 Å². The molecule has 1 atom stereocenters. The maximum absolute atomic E-state index is 13.5. The summed E-state index contributed by atoms with van der Waals surface area (Å²) in [5, 5.41) is 12.7. The fourth-order valence-electron chi connectivity index (χ4n) is 5.57. The number of pyridine rings is 1. The number of amides is 1. The summed E-state index contributed by atoms with van der Waals surface area (Å²) >= 11 is 0. The van der Waals surface area contributed by atoms with Gasteiger partial charge < -0.3 is 24.5 Å². The van der Waals surface area contributed by atoms with E-state index in [9.17, 15) is 9.59 Å². The van der Waals surface area contributed by atoms with Crippen LogP contribution in [0.2, 0.25) is 0 Å². The summed E-state index contributed by atoms with van der Waals surface area (Å²) in [5.41, 5.74) is 3.46. The van der Waals surface area contributed by atoms with Crippen LogP contribution in [0.5, 0.6) is 5.75 Å². The van der Waals surface area contributed by atoms with Crippen molar-refractivity contribution in [2.24, 2.45) is 5.92 Å². The molecule has 0 radical (unpaired) electrons. The molecule has 36 heavy (non-hydrogen) atoms. The second-order valence-corrected chi connectivity index (χ2v) is 9.69. The third-order valence-electron chi connectivity index (χ3n) is 7.52. The van der Waals surface area contributed by atoms with E-state index in [2.05, 4.69) is 38.8 Å². The standard InChI is InChI=1S/C28H35N5O3/c1-18-16-25(36-4)23(27(34)31-18)17-30-28(35)26-20(3)33(24-9-6-5-8-22(24)26)19(2)21-10-14-32(15-11-21)13-7-12-29/h5-6,8-9,16,19,21H,7,10-11,13-15,17H2,1-4H3,(H,30,35)(H,31,34)/t19-/m1/s1. The number of rotatable bonds is 8. The lowest BCUT2D eigenvalue weighted by molar-refractivity contribution is 0.0951. The van der Waals surface area contributed by atoms with Gasteiger partial charge in [-0.2, -0.15) is 5.26 Å². The molecular weight excluding hydrogens is 454 g/mol. The Bertz CT molecular complexity index is 1340. The third-order valence-corrected chi connectivity index (χ3v) is 7.52. The largest absolute Gasteiger partial charge is 0.496 e. The van der Waals surface area contributed by atoms with Crippen LogP contribution in [0.4, 0.5) is 0 Å². The molecule has 1 fully saturated rings. The first-order valence-electron chi connectivity index (χ1n) is 12.6. The van der Waals surface area contributed by atoms with Crippen LogP contribution in [0.15, 0.2) is 35.1 Å². The molecule has 8 heteroatoms. The van der Waals surface area contributed by atoms with E-state index < -0.39 is 0 Å². The third kappa shape index (κ3) is 5.02. The quantitative estimate of drug-likeness (QED) is 0.496. The zero-order valence-corrected chi connectivity index (χ0v) is 21.6. The second kappa shape index (κ2) is 11.0. The van der Waals surface area contributed by atoms with E-state index in [4.69, 9.17) is 10.00 Å². The number of benzene rings is 1. The van der Waals surface area contributed by atoms with Crippen molar-refractivity contribution < 1.29 is 9.53 Å². The number of aromatic amines is 1. The number of piperidine rings is 1. The van der Waals surface area contributed by atoms with E-state index in [1.54, 1.807) is 13.0 Å². The highest BCUT2D eigenvalue weighted by Gasteiger charge is 2.29. The molecule has 0 saturated carbocycles. The Labute approximate surface area is 211 Å². The number of para-hydroxylation sites is 1. The molecule has 1 amide bonds. The normalized spacial score (nSPS) is 15.5. The van der Waals surface area contributed by atoms with Crippen molar-refractivity contribution in [1.29, 1.82) is 5.26 Å². The molecule has 0 bridgehead atoms. The van der Waals surface area contributed by atoms with Gasteiger partial charge >= 0.3 is 0 Å². The predicted molar refractivity (Wildman–Crippen MR) is 140 cm³/mol. The second-order valence-electron chi connectivity index (χ2n) is 9.69. The molecule has 8 nitrogen and oxygen atoms in total. The van der Waals surface area contributed by atoms with Gasteiger partial charge in [0.2, 0.25) is 0 Å². The summed E-state index contributed by atoms with van der Waals surface area (Å²) in [7, 11) is 1.52. The Morgan fingerprint density at radius 1 is 1.28 bits per heavy atom. The first-order valence-corrected chi connectivity index (χ1v) is 12.6. The molecule has 3 aromatic rings. The minimum Gasteiger partial charge on any atom is -0.496 e. The van der Waals surface area contributed by atoms with Gasteiger partial charge in [-0.25, -0.2) is 0 Å². The number of carbonyl (C=O) groups excluding carboxylic acids is 1. The Kier molecular flexibility index (Phi) is 7.80. The fourth-order valence-corrected chi connectivity index (χ4v) is 5.57. The highest BCUT2D eigenvalue weighted by molar-refractivity contribution is 6.08. The summed E-state index contributed by atoms with van der Waals surface area (Å²) in [6, 6.07) is 12.3. The molecule has 2 aromatic heterocycles. The van der Waals surface area contributed by atoms with E-state index in [-0.39, 0.29) is 24.1 Å². The van der Waals surface area contributed by atoms with Crippen molar-refractivity contribution in [2.45, 2.75) is 52.6 Å². The van der Waals surface area contributed by atoms with Crippen molar-refractivity contribution >= 4 is 16.8 Å². The lowest BCUT2D eigenvalue weighted by atomic mass is 9.90. The van der Waals surface area contributed by atoms with Gasteiger partial charge in [-0.1, -0.05) is 18.2 Å². The lowest BCUT2D eigenvalue weighted by Gasteiger charge is -2.35. The first-order chi connectivity index (χ1) is 17.3. The number of hydrogen-bond donors (Lipinski definition) is 2. The minimum atomic E-state index is -0.263. The van der Waals surface area contributed by atoms with Crippen molar-refractivity contribution in [3.8, 4) is 11.8 Å². The topological polar surface area (TPSA) is 103 Å². The molecule has 0 aliphatic carbocycles. The fraction of sp³-hybridized carbons (Fsp3) is 0.464. The van der Waals surface area contributed by atoms with E-state index in [0.717, 1.165) is 49.1 Å². The number of aromatic nitrogens is 2. The summed E-state index contributed by atoms with van der Waals surface area (Å²) in [4.78, 5) is 31.1. The SMILES string of the molecule is COc1cc(C)[nH]c(=O)c1CNC(=O)c1c(C)n([C@H](C)C2CCN(CCC#N)CC2)c2ccccc12. The molecular formula is C28H35N5O3. The number of nitriles is 1. The first kappa shape index (κ1) is 25.5. The monoisotopic (exact) mass is 489 g/mol. The van der Waals surface area contributed by atoms with Gasteiger partial charge in [0.15, 0.2) is 0 Å². The van der Waals surface area contributed by atoms with Gasteiger partial charge in [-0.15, -0.1) is 0 Å². The van der Waals surface area contributed by atoms with E-state index in [1.165, 1.54) is 7.11 Å². The Morgan fingerprint density at radius 3 is 2.69 bits per heavy atom. The molecule has 1 aliphatic rings. The number of methoxy groups -OCH3 is 1. The number of nitrogens with zero attached hydrogens (tertiary/aromatic N) is 3. The Balaban J connectivity index is 1.58. The molecule has 3 heterocycles. The van der Waals surface area contributed by atoms with Crippen molar-refractivity contribution in [3.63, 3.8) is 0 Å². The summed E-state index contributed by atoms with van der Waals surface area (Å²) in [5.74, 6) is 0.748. The molecule has 1 aromatic carbocycles. The van der Waals surface area contributed by atoms with Gasteiger partial charge in [-0.3, -0.25) is 9.59 Å². The van der Waals surface area contributed by atoms with Gasteiger partial charge in [0.25, 0.3) is 11.5 Å². The Hall–Kier alpha value is -3.57. The smallest absolute Gasteiger partial charge is 0.256 e. The average Bonchev–Trinajstić information content (AvgIpc) is 3.17. The zero-order valence-electron chi connectivity index (χ0n) is 21.6. The zero-order chi connectivity index (χ0) is 25.8. The number of hydrogen-bond acceptors (Lipinski definition) is 5. The van der Waals surface area contributed by atoms with Crippen LogP contribution < -0.4 is 15.6 Å². The number of fused-ring (bicyclic) bond motifs is 1. The lowest BCUT2D eigenvalue weighted by Crippen LogP contribution is -2.36. The predicted octanol–water partition coefficient (Wildman–Crippen LogP) is 4.07. The molecule has 0 spiro atoms. The Morgan fingerprint density at radius 2 is 2.00 bits per heavy atom. The van der Waals surface area contributed by atoms with Crippen LogP contribution in [0.3, 0.4) is 0 Å². The van der Waals surface area contributed by atoms with Crippen molar-refractivity contribution in [2.75, 3.05) is 26.7 Å². The molecule has 4 rings (SSSR count).